The van der Waals surface area contributed by atoms with Crippen molar-refractivity contribution in [1.29, 1.82) is 5.26 Å². The molecule has 0 aromatic carbocycles. The molecule has 6 nitrogen and oxygen atoms in total. The summed E-state index contributed by atoms with van der Waals surface area (Å²) < 4.78 is 4.84. The maximum atomic E-state index is 11.7. The van der Waals surface area contributed by atoms with Crippen molar-refractivity contribution in [2.75, 3.05) is 25.6 Å². The first-order valence-corrected chi connectivity index (χ1v) is 5.56. The zero-order valence-corrected chi connectivity index (χ0v) is 10.4. The molecule has 18 heavy (non-hydrogen) atoms. The van der Waals surface area contributed by atoms with Crippen LogP contribution in [-0.2, 0) is 9.53 Å². The molecule has 0 spiro atoms. The number of nitrogens with zero attached hydrogens (tertiary/aromatic N) is 2. The van der Waals surface area contributed by atoms with Crippen molar-refractivity contribution in [2.24, 2.45) is 0 Å². The zero-order valence-electron chi connectivity index (χ0n) is 10.4. The molecule has 1 atom stereocenters. The summed E-state index contributed by atoms with van der Waals surface area (Å²) in [6.45, 7) is 2.70. The number of methoxy groups -OCH3 is 1. The molecule has 0 bridgehead atoms. The highest BCUT2D eigenvalue weighted by Gasteiger charge is 2.11. The summed E-state index contributed by atoms with van der Waals surface area (Å²) in [6, 6.07) is 4.86. The second kappa shape index (κ2) is 7.25. The van der Waals surface area contributed by atoms with E-state index in [0.717, 1.165) is 0 Å². The molecule has 0 saturated carbocycles. The summed E-state index contributed by atoms with van der Waals surface area (Å²) in [6.07, 6.45) is 1.52. The van der Waals surface area contributed by atoms with E-state index in [1.54, 1.807) is 26.2 Å². The second-order valence-electron chi connectivity index (χ2n) is 3.69. The average molecular weight is 248 g/mol. The molecule has 0 radical (unpaired) electrons. The normalized spacial score (nSPS) is 11.4. The minimum absolute atomic E-state index is 0.123. The smallest absolute Gasteiger partial charge is 0.242 e. The standard InChI is InChI=1S/C12H16N4O2/c1-9(12(17)15-5-6-18-2)16-10-3-4-14-11(7-10)8-13/h3-4,7,9H,5-6H2,1-2H3,(H,14,16)(H,15,17). The molecule has 2 N–H and O–H groups in total. The van der Waals surface area contributed by atoms with E-state index in [1.807, 2.05) is 6.07 Å². The molecule has 0 aliphatic carbocycles. The number of hydrogen-bond acceptors (Lipinski definition) is 5. The van der Waals surface area contributed by atoms with E-state index < -0.39 is 6.04 Å². The van der Waals surface area contributed by atoms with Gasteiger partial charge < -0.3 is 15.4 Å². The lowest BCUT2D eigenvalue weighted by molar-refractivity contribution is -0.121. The summed E-state index contributed by atoms with van der Waals surface area (Å²) in [5.41, 5.74) is 1.00. The Labute approximate surface area is 106 Å². The zero-order chi connectivity index (χ0) is 13.4. The second-order valence-corrected chi connectivity index (χ2v) is 3.69. The van der Waals surface area contributed by atoms with Gasteiger partial charge in [-0.3, -0.25) is 4.79 Å². The van der Waals surface area contributed by atoms with Gasteiger partial charge in [0.15, 0.2) is 0 Å². The van der Waals surface area contributed by atoms with Crippen LogP contribution in [0, 0.1) is 11.3 Å². The van der Waals surface area contributed by atoms with Gasteiger partial charge in [0.25, 0.3) is 0 Å². The highest BCUT2D eigenvalue weighted by molar-refractivity contribution is 5.84. The molecule has 1 rings (SSSR count). The van der Waals surface area contributed by atoms with Crippen LogP contribution in [-0.4, -0.2) is 37.2 Å². The van der Waals surface area contributed by atoms with Crippen LogP contribution >= 0.6 is 0 Å². The fourth-order valence-electron chi connectivity index (χ4n) is 1.33. The Morgan fingerprint density at radius 3 is 3.11 bits per heavy atom. The lowest BCUT2D eigenvalue weighted by Crippen LogP contribution is -2.39. The van der Waals surface area contributed by atoms with E-state index in [1.165, 1.54) is 6.20 Å². The van der Waals surface area contributed by atoms with Crippen LogP contribution in [0.15, 0.2) is 18.3 Å². The number of ether oxygens (including phenoxy) is 1. The number of nitrogens with one attached hydrogen (secondary N) is 2. The molecule has 1 aromatic heterocycles. The molecule has 1 unspecified atom stereocenters. The number of amides is 1. The summed E-state index contributed by atoms with van der Waals surface area (Å²) in [5, 5.41) is 14.4. The number of rotatable bonds is 6. The van der Waals surface area contributed by atoms with E-state index in [4.69, 9.17) is 10.00 Å². The van der Waals surface area contributed by atoms with Gasteiger partial charge >= 0.3 is 0 Å². The van der Waals surface area contributed by atoms with E-state index in [2.05, 4.69) is 15.6 Å². The number of hydrogen-bond donors (Lipinski definition) is 2. The molecule has 1 heterocycles. The van der Waals surface area contributed by atoms with Crippen molar-refractivity contribution < 1.29 is 9.53 Å². The van der Waals surface area contributed by atoms with Gasteiger partial charge in [0.1, 0.15) is 17.8 Å². The minimum atomic E-state index is -0.393. The molecule has 96 valence electrons. The van der Waals surface area contributed by atoms with E-state index in [0.29, 0.717) is 24.5 Å². The van der Waals surface area contributed by atoms with Crippen molar-refractivity contribution >= 4 is 11.6 Å². The van der Waals surface area contributed by atoms with Crippen LogP contribution in [0.2, 0.25) is 0 Å². The van der Waals surface area contributed by atoms with Gasteiger partial charge in [0.05, 0.1) is 6.61 Å². The van der Waals surface area contributed by atoms with Crippen LogP contribution in [0.25, 0.3) is 0 Å². The van der Waals surface area contributed by atoms with Crippen molar-refractivity contribution in [3.63, 3.8) is 0 Å². The van der Waals surface area contributed by atoms with Gasteiger partial charge in [0, 0.05) is 25.5 Å². The lowest BCUT2D eigenvalue weighted by atomic mass is 10.2. The molecule has 6 heteroatoms. The van der Waals surface area contributed by atoms with Gasteiger partial charge in [0.2, 0.25) is 5.91 Å². The first-order chi connectivity index (χ1) is 8.67. The number of anilines is 1. The molecular weight excluding hydrogens is 232 g/mol. The number of aromatic nitrogens is 1. The van der Waals surface area contributed by atoms with E-state index in [9.17, 15) is 4.79 Å². The monoisotopic (exact) mass is 248 g/mol. The third kappa shape index (κ3) is 4.39. The van der Waals surface area contributed by atoms with Crippen LogP contribution in [0.1, 0.15) is 12.6 Å². The number of carbonyl (C=O) groups is 1. The maximum Gasteiger partial charge on any atom is 0.242 e. The lowest BCUT2D eigenvalue weighted by Gasteiger charge is -2.15. The van der Waals surface area contributed by atoms with Crippen molar-refractivity contribution in [3.05, 3.63) is 24.0 Å². The summed E-state index contributed by atoms with van der Waals surface area (Å²) in [5.74, 6) is -0.123. The Morgan fingerprint density at radius 1 is 1.67 bits per heavy atom. The predicted molar refractivity (Wildman–Crippen MR) is 66.9 cm³/mol. The quantitative estimate of drug-likeness (QED) is 0.716. The fraction of sp³-hybridized carbons (Fsp3) is 0.417. The topological polar surface area (TPSA) is 87.0 Å². The van der Waals surface area contributed by atoms with Gasteiger partial charge in [-0.25, -0.2) is 4.98 Å². The van der Waals surface area contributed by atoms with Crippen LogP contribution in [0.4, 0.5) is 5.69 Å². The molecule has 1 amide bonds. The van der Waals surface area contributed by atoms with Gasteiger partial charge in [-0.2, -0.15) is 5.26 Å². The number of carbonyl (C=O) groups excluding carboxylic acids is 1. The van der Waals surface area contributed by atoms with E-state index in [-0.39, 0.29) is 5.91 Å². The van der Waals surface area contributed by atoms with Gasteiger partial charge in [-0.1, -0.05) is 0 Å². The number of pyridine rings is 1. The van der Waals surface area contributed by atoms with Gasteiger partial charge in [-0.15, -0.1) is 0 Å². The van der Waals surface area contributed by atoms with Crippen LogP contribution < -0.4 is 10.6 Å². The number of nitriles is 1. The molecular formula is C12H16N4O2. The summed E-state index contributed by atoms with van der Waals surface area (Å²) in [7, 11) is 1.58. The van der Waals surface area contributed by atoms with Crippen molar-refractivity contribution in [1.82, 2.24) is 10.3 Å². The molecule has 0 fully saturated rings. The molecule has 1 aromatic rings. The average Bonchev–Trinajstić information content (AvgIpc) is 2.39. The summed E-state index contributed by atoms with van der Waals surface area (Å²) in [4.78, 5) is 15.5. The third-order valence-corrected chi connectivity index (χ3v) is 2.26. The van der Waals surface area contributed by atoms with Crippen LogP contribution in [0.5, 0.6) is 0 Å². The first kappa shape index (κ1) is 13.9. The summed E-state index contributed by atoms with van der Waals surface area (Å²) >= 11 is 0. The Kier molecular flexibility index (Phi) is 5.61. The highest BCUT2D eigenvalue weighted by Crippen LogP contribution is 2.08. The van der Waals surface area contributed by atoms with Crippen molar-refractivity contribution in [2.45, 2.75) is 13.0 Å². The maximum absolute atomic E-state index is 11.7. The van der Waals surface area contributed by atoms with E-state index >= 15 is 0 Å². The Bertz CT molecular complexity index is 442. The SMILES string of the molecule is COCCNC(=O)C(C)Nc1ccnc(C#N)c1. The van der Waals surface area contributed by atoms with Crippen molar-refractivity contribution in [3.8, 4) is 6.07 Å². The Hall–Kier alpha value is -2.13. The van der Waals surface area contributed by atoms with Crippen LogP contribution in [0.3, 0.4) is 0 Å². The third-order valence-electron chi connectivity index (χ3n) is 2.26. The highest BCUT2D eigenvalue weighted by atomic mass is 16.5. The Morgan fingerprint density at radius 2 is 2.44 bits per heavy atom. The Balaban J connectivity index is 2.50. The first-order valence-electron chi connectivity index (χ1n) is 5.56. The predicted octanol–water partition coefficient (Wildman–Crippen LogP) is 0.516. The molecule has 0 saturated heterocycles. The molecule has 0 aliphatic heterocycles. The largest absolute Gasteiger partial charge is 0.383 e. The minimum Gasteiger partial charge on any atom is -0.383 e. The molecule has 0 aliphatic rings. The van der Waals surface area contributed by atoms with Gasteiger partial charge in [-0.05, 0) is 19.1 Å². The fourth-order valence-corrected chi connectivity index (χ4v) is 1.33.